The summed E-state index contributed by atoms with van der Waals surface area (Å²) < 4.78 is 17.2. The molecule has 2 aromatic heterocycles. The zero-order chi connectivity index (χ0) is 21.3. The average molecular weight is 404 g/mol. The van der Waals surface area contributed by atoms with Gasteiger partial charge in [-0.3, -0.25) is 9.59 Å². The minimum Gasteiger partial charge on any atom is -0.345 e. The standard InChI is InChI=1S/C23H21FN4O2/c1-15(2)27-13-12-17-19(8-5-9-21(17)27)25-22(29)14-28-23(30)11-10-20(26-28)16-6-3-4-7-18(16)24/h3-13,15H,14H2,1-2H3,(H,25,29). The first-order valence-corrected chi connectivity index (χ1v) is 9.66. The van der Waals surface area contributed by atoms with Crippen molar-refractivity contribution < 1.29 is 9.18 Å². The molecular formula is C23H21FN4O2. The minimum absolute atomic E-state index is 0.270. The van der Waals surface area contributed by atoms with E-state index in [1.165, 1.54) is 18.2 Å². The molecule has 0 aliphatic rings. The second-order valence-corrected chi connectivity index (χ2v) is 7.30. The van der Waals surface area contributed by atoms with Gasteiger partial charge in [-0.1, -0.05) is 18.2 Å². The predicted octanol–water partition coefficient (Wildman–Crippen LogP) is 4.22. The Morgan fingerprint density at radius 2 is 1.87 bits per heavy atom. The first-order chi connectivity index (χ1) is 14.4. The average Bonchev–Trinajstić information content (AvgIpc) is 3.16. The van der Waals surface area contributed by atoms with Gasteiger partial charge in [-0.25, -0.2) is 9.07 Å². The fraction of sp³-hybridized carbons (Fsp3) is 0.174. The predicted molar refractivity (Wildman–Crippen MR) is 115 cm³/mol. The Hall–Kier alpha value is -3.74. The van der Waals surface area contributed by atoms with E-state index in [1.54, 1.807) is 18.2 Å². The number of fused-ring (bicyclic) bond motifs is 1. The van der Waals surface area contributed by atoms with Crippen molar-refractivity contribution in [3.8, 4) is 11.3 Å². The fourth-order valence-electron chi connectivity index (χ4n) is 3.45. The van der Waals surface area contributed by atoms with Gasteiger partial charge in [0.15, 0.2) is 0 Å². The maximum absolute atomic E-state index is 14.1. The normalized spacial score (nSPS) is 11.2. The zero-order valence-corrected chi connectivity index (χ0v) is 16.7. The van der Waals surface area contributed by atoms with Gasteiger partial charge in [-0.05, 0) is 50.2 Å². The Bertz CT molecular complexity index is 1290. The molecule has 0 spiro atoms. The van der Waals surface area contributed by atoms with Crippen molar-refractivity contribution in [3.63, 3.8) is 0 Å². The summed E-state index contributed by atoms with van der Waals surface area (Å²) in [7, 11) is 0. The Morgan fingerprint density at radius 1 is 1.07 bits per heavy atom. The van der Waals surface area contributed by atoms with Crippen LogP contribution in [-0.2, 0) is 11.3 Å². The van der Waals surface area contributed by atoms with Crippen LogP contribution < -0.4 is 10.9 Å². The highest BCUT2D eigenvalue weighted by molar-refractivity contribution is 6.01. The summed E-state index contributed by atoms with van der Waals surface area (Å²) in [6, 6.07) is 16.8. The Morgan fingerprint density at radius 3 is 2.63 bits per heavy atom. The smallest absolute Gasteiger partial charge is 0.267 e. The van der Waals surface area contributed by atoms with Gasteiger partial charge in [-0.15, -0.1) is 0 Å². The Labute approximate surface area is 172 Å². The first-order valence-electron chi connectivity index (χ1n) is 9.66. The Balaban J connectivity index is 1.59. The highest BCUT2D eigenvalue weighted by Gasteiger charge is 2.13. The number of rotatable bonds is 5. The van der Waals surface area contributed by atoms with Gasteiger partial charge >= 0.3 is 0 Å². The number of aromatic nitrogens is 3. The van der Waals surface area contributed by atoms with Gasteiger partial charge in [0.05, 0.1) is 16.9 Å². The Kier molecular flexibility index (Phi) is 5.18. The molecular weight excluding hydrogens is 383 g/mol. The van der Waals surface area contributed by atoms with Crippen molar-refractivity contribution in [2.45, 2.75) is 26.4 Å². The monoisotopic (exact) mass is 404 g/mol. The number of nitrogens with one attached hydrogen (secondary N) is 1. The van der Waals surface area contributed by atoms with Crippen molar-refractivity contribution in [3.05, 3.63) is 83.0 Å². The van der Waals surface area contributed by atoms with Crippen LogP contribution in [0.5, 0.6) is 0 Å². The van der Waals surface area contributed by atoms with Crippen molar-refractivity contribution >= 4 is 22.5 Å². The molecule has 4 aromatic rings. The van der Waals surface area contributed by atoms with E-state index in [1.807, 2.05) is 30.5 Å². The maximum atomic E-state index is 14.1. The van der Waals surface area contributed by atoms with Crippen LogP contribution in [0.15, 0.2) is 71.7 Å². The number of hydrogen-bond acceptors (Lipinski definition) is 3. The lowest BCUT2D eigenvalue weighted by molar-refractivity contribution is -0.117. The van der Waals surface area contributed by atoms with Gasteiger partial charge in [0, 0.05) is 29.3 Å². The van der Waals surface area contributed by atoms with Crippen LogP contribution in [0.1, 0.15) is 19.9 Å². The number of nitrogens with zero attached hydrogens (tertiary/aromatic N) is 3. The summed E-state index contributed by atoms with van der Waals surface area (Å²) >= 11 is 0. The zero-order valence-electron chi connectivity index (χ0n) is 16.7. The number of carbonyl (C=O) groups is 1. The molecule has 152 valence electrons. The van der Waals surface area contributed by atoms with Gasteiger partial charge < -0.3 is 9.88 Å². The first kappa shape index (κ1) is 19.6. The van der Waals surface area contributed by atoms with Crippen molar-refractivity contribution in [2.75, 3.05) is 5.32 Å². The molecule has 7 heteroatoms. The molecule has 1 N–H and O–H groups in total. The SMILES string of the molecule is CC(C)n1ccc2c(NC(=O)Cn3nc(-c4ccccc4F)ccc3=O)cccc21. The summed E-state index contributed by atoms with van der Waals surface area (Å²) in [6.45, 7) is 3.90. The summed E-state index contributed by atoms with van der Waals surface area (Å²) in [4.78, 5) is 24.8. The van der Waals surface area contributed by atoms with E-state index in [2.05, 4.69) is 28.8 Å². The lowest BCUT2D eigenvalue weighted by Gasteiger charge is -2.11. The lowest BCUT2D eigenvalue weighted by Crippen LogP contribution is -2.29. The van der Waals surface area contributed by atoms with E-state index in [-0.39, 0.29) is 29.8 Å². The number of halogens is 1. The molecule has 0 saturated carbocycles. The summed E-state index contributed by atoms with van der Waals surface area (Å²) in [6.07, 6.45) is 1.98. The van der Waals surface area contributed by atoms with Crippen LogP contribution in [-0.4, -0.2) is 20.3 Å². The van der Waals surface area contributed by atoms with Crippen LogP contribution in [0.4, 0.5) is 10.1 Å². The lowest BCUT2D eigenvalue weighted by atomic mass is 10.1. The van der Waals surface area contributed by atoms with Crippen molar-refractivity contribution in [2.24, 2.45) is 0 Å². The highest BCUT2D eigenvalue weighted by Crippen LogP contribution is 2.27. The number of amides is 1. The van der Waals surface area contributed by atoms with E-state index in [9.17, 15) is 14.0 Å². The molecule has 0 aliphatic carbocycles. The van der Waals surface area contributed by atoms with Crippen LogP contribution >= 0.6 is 0 Å². The number of benzene rings is 2. The van der Waals surface area contributed by atoms with E-state index < -0.39 is 11.4 Å². The quantitative estimate of drug-likeness (QED) is 0.541. The number of anilines is 1. The molecule has 0 fully saturated rings. The molecule has 6 nitrogen and oxygen atoms in total. The van der Waals surface area contributed by atoms with Crippen LogP contribution in [0.2, 0.25) is 0 Å². The highest BCUT2D eigenvalue weighted by atomic mass is 19.1. The number of carbonyl (C=O) groups excluding carboxylic acids is 1. The molecule has 30 heavy (non-hydrogen) atoms. The third-order valence-corrected chi connectivity index (χ3v) is 4.90. The van der Waals surface area contributed by atoms with Gasteiger partial charge in [0.2, 0.25) is 5.91 Å². The second-order valence-electron chi connectivity index (χ2n) is 7.30. The largest absolute Gasteiger partial charge is 0.345 e. The molecule has 0 aliphatic heterocycles. The molecule has 0 atom stereocenters. The van der Waals surface area contributed by atoms with E-state index in [4.69, 9.17) is 0 Å². The fourth-order valence-corrected chi connectivity index (χ4v) is 3.45. The molecule has 4 rings (SSSR count). The third-order valence-electron chi connectivity index (χ3n) is 4.90. The van der Waals surface area contributed by atoms with Crippen LogP contribution in [0.25, 0.3) is 22.2 Å². The molecule has 0 bridgehead atoms. The molecule has 0 radical (unpaired) electrons. The minimum atomic E-state index is -0.444. The topological polar surface area (TPSA) is 68.9 Å². The molecule has 0 unspecified atom stereocenters. The summed E-state index contributed by atoms with van der Waals surface area (Å²) in [5, 5.41) is 7.95. The maximum Gasteiger partial charge on any atom is 0.267 e. The molecule has 1 amide bonds. The van der Waals surface area contributed by atoms with E-state index in [0.717, 1.165) is 15.6 Å². The number of hydrogen-bond donors (Lipinski definition) is 1. The van der Waals surface area contributed by atoms with Gasteiger partial charge in [-0.2, -0.15) is 5.10 Å². The van der Waals surface area contributed by atoms with E-state index in [0.29, 0.717) is 5.69 Å². The van der Waals surface area contributed by atoms with Crippen LogP contribution in [0, 0.1) is 5.82 Å². The van der Waals surface area contributed by atoms with Crippen molar-refractivity contribution in [1.29, 1.82) is 0 Å². The molecule has 2 heterocycles. The molecule has 2 aromatic carbocycles. The van der Waals surface area contributed by atoms with E-state index >= 15 is 0 Å². The summed E-state index contributed by atoms with van der Waals surface area (Å²) in [5.41, 5.74) is 1.80. The molecule has 0 saturated heterocycles. The third kappa shape index (κ3) is 3.74. The van der Waals surface area contributed by atoms with Gasteiger partial charge in [0.25, 0.3) is 5.56 Å². The van der Waals surface area contributed by atoms with Gasteiger partial charge in [0.1, 0.15) is 12.4 Å². The summed E-state index contributed by atoms with van der Waals surface area (Å²) in [5.74, 6) is -0.832. The van der Waals surface area contributed by atoms with Crippen LogP contribution in [0.3, 0.4) is 0 Å². The second kappa shape index (κ2) is 7.94. The van der Waals surface area contributed by atoms with Crippen molar-refractivity contribution in [1.82, 2.24) is 14.3 Å².